The van der Waals surface area contributed by atoms with E-state index in [1.165, 1.54) is 64.2 Å². The molecule has 0 atom stereocenters. The fourth-order valence-corrected chi connectivity index (χ4v) is 2.15. The highest BCUT2D eigenvalue weighted by atomic mass is 35.5. The normalized spacial score (nSPS) is 10.1. The van der Waals surface area contributed by atoms with Gasteiger partial charge in [-0.25, -0.2) is 0 Å². The van der Waals surface area contributed by atoms with Crippen LogP contribution in [0.1, 0.15) is 71.1 Å². The van der Waals surface area contributed by atoms with Crippen LogP contribution >= 0.6 is 12.4 Å². The van der Waals surface area contributed by atoms with E-state index < -0.39 is 0 Å². The predicted octanol–water partition coefficient (Wildman–Crippen LogP) is 3.40. The van der Waals surface area contributed by atoms with E-state index in [-0.39, 0.29) is 18.4 Å². The van der Waals surface area contributed by atoms with E-state index in [0.717, 1.165) is 19.6 Å². The second-order valence-electron chi connectivity index (χ2n) is 5.27. The molecular formula is C15H35ClN4. The van der Waals surface area contributed by atoms with E-state index in [9.17, 15) is 0 Å². The van der Waals surface area contributed by atoms with Crippen LogP contribution in [0, 0.1) is 5.41 Å². The van der Waals surface area contributed by atoms with Crippen LogP contribution < -0.4 is 16.4 Å². The van der Waals surface area contributed by atoms with Gasteiger partial charge in [0.2, 0.25) is 0 Å². The molecule has 0 radical (unpaired) electrons. The van der Waals surface area contributed by atoms with Crippen molar-refractivity contribution in [1.82, 2.24) is 10.6 Å². The molecule has 0 unspecified atom stereocenters. The predicted molar refractivity (Wildman–Crippen MR) is 91.9 cm³/mol. The smallest absolute Gasteiger partial charge is 0.185 e. The second-order valence-corrected chi connectivity index (χ2v) is 5.27. The Morgan fingerprint density at radius 3 is 1.80 bits per heavy atom. The Hall–Kier alpha value is -0.480. The number of hydrogen-bond acceptors (Lipinski definition) is 2. The van der Waals surface area contributed by atoms with Crippen LogP contribution in [-0.4, -0.2) is 25.6 Å². The highest BCUT2D eigenvalue weighted by molar-refractivity contribution is 5.85. The van der Waals surface area contributed by atoms with Crippen molar-refractivity contribution in [1.29, 1.82) is 5.41 Å². The topological polar surface area (TPSA) is 73.9 Å². The van der Waals surface area contributed by atoms with Crippen LogP contribution in [-0.2, 0) is 0 Å². The Morgan fingerprint density at radius 1 is 0.800 bits per heavy atom. The van der Waals surface area contributed by atoms with Crippen molar-refractivity contribution in [2.75, 3.05) is 19.6 Å². The van der Waals surface area contributed by atoms with Gasteiger partial charge in [0.25, 0.3) is 0 Å². The first-order chi connectivity index (χ1) is 9.27. The Balaban J connectivity index is 0. The van der Waals surface area contributed by atoms with Crippen molar-refractivity contribution in [3.8, 4) is 0 Å². The van der Waals surface area contributed by atoms with Crippen LogP contribution in [0.25, 0.3) is 0 Å². The molecule has 0 heterocycles. The van der Waals surface area contributed by atoms with Gasteiger partial charge in [-0.15, -0.1) is 12.4 Å². The minimum absolute atomic E-state index is 0. The van der Waals surface area contributed by atoms with Gasteiger partial charge < -0.3 is 16.4 Å². The van der Waals surface area contributed by atoms with E-state index in [0.29, 0.717) is 0 Å². The van der Waals surface area contributed by atoms with Crippen LogP contribution in [0.5, 0.6) is 0 Å². The Morgan fingerprint density at radius 2 is 1.30 bits per heavy atom. The van der Waals surface area contributed by atoms with Gasteiger partial charge in [-0.1, -0.05) is 64.7 Å². The maximum absolute atomic E-state index is 7.00. The molecule has 0 amide bonds. The standard InChI is InChI=1S/C15H34N4.ClH/c1-2-3-4-5-6-7-8-9-10-11-12-18-13-14-19-15(16)17;/h18H,2-14H2,1H3,(H4,16,17,19);1H. The molecule has 0 aromatic carbocycles. The van der Waals surface area contributed by atoms with Gasteiger partial charge in [-0.3, -0.25) is 5.41 Å². The number of nitrogens with one attached hydrogen (secondary N) is 3. The first kappa shape index (κ1) is 21.8. The first-order valence-corrected chi connectivity index (χ1v) is 8.06. The number of halogens is 1. The molecule has 0 aliphatic rings. The minimum atomic E-state index is 0. The summed E-state index contributed by atoms with van der Waals surface area (Å²) < 4.78 is 0. The maximum atomic E-state index is 7.00. The fraction of sp³-hybridized carbons (Fsp3) is 0.933. The number of nitrogens with two attached hydrogens (primary N) is 1. The zero-order chi connectivity index (χ0) is 14.2. The summed E-state index contributed by atoms with van der Waals surface area (Å²) in [4.78, 5) is 0. The van der Waals surface area contributed by atoms with Gasteiger partial charge in [0, 0.05) is 13.1 Å². The molecule has 0 bridgehead atoms. The maximum Gasteiger partial charge on any atom is 0.185 e. The monoisotopic (exact) mass is 306 g/mol. The lowest BCUT2D eigenvalue weighted by Crippen LogP contribution is -2.36. The molecule has 0 aromatic heterocycles. The molecule has 0 fully saturated rings. The van der Waals surface area contributed by atoms with Gasteiger partial charge in [0.05, 0.1) is 0 Å². The third-order valence-electron chi connectivity index (χ3n) is 3.32. The van der Waals surface area contributed by atoms with Gasteiger partial charge in [0.15, 0.2) is 5.96 Å². The average Bonchev–Trinajstić information content (AvgIpc) is 2.39. The van der Waals surface area contributed by atoms with Crippen LogP contribution in [0.2, 0.25) is 0 Å². The largest absolute Gasteiger partial charge is 0.370 e. The molecule has 5 heteroatoms. The van der Waals surface area contributed by atoms with Crippen LogP contribution in [0.15, 0.2) is 0 Å². The van der Waals surface area contributed by atoms with Crippen molar-refractivity contribution in [2.24, 2.45) is 5.73 Å². The van der Waals surface area contributed by atoms with E-state index in [4.69, 9.17) is 11.1 Å². The molecule has 0 rings (SSSR count). The molecule has 0 saturated carbocycles. The summed E-state index contributed by atoms with van der Waals surface area (Å²) in [7, 11) is 0. The summed E-state index contributed by atoms with van der Waals surface area (Å²) in [5.41, 5.74) is 5.18. The molecule has 0 spiro atoms. The summed E-state index contributed by atoms with van der Waals surface area (Å²) in [6.45, 7) is 4.98. The van der Waals surface area contributed by atoms with Crippen molar-refractivity contribution in [3.63, 3.8) is 0 Å². The summed E-state index contributed by atoms with van der Waals surface area (Å²) in [6, 6.07) is 0. The minimum Gasteiger partial charge on any atom is -0.370 e. The Kier molecular flexibility index (Phi) is 20.2. The summed E-state index contributed by atoms with van der Waals surface area (Å²) >= 11 is 0. The summed E-state index contributed by atoms with van der Waals surface area (Å²) in [6.07, 6.45) is 13.8. The molecule has 0 saturated heterocycles. The number of hydrogen-bond donors (Lipinski definition) is 4. The third kappa shape index (κ3) is 19.9. The number of rotatable bonds is 14. The van der Waals surface area contributed by atoms with Gasteiger partial charge in [-0.2, -0.15) is 0 Å². The highest BCUT2D eigenvalue weighted by Gasteiger charge is 1.93. The average molecular weight is 307 g/mol. The molecule has 0 aliphatic carbocycles. The van der Waals surface area contributed by atoms with Gasteiger partial charge >= 0.3 is 0 Å². The lowest BCUT2D eigenvalue weighted by molar-refractivity contribution is 0.543. The van der Waals surface area contributed by atoms with Crippen molar-refractivity contribution >= 4 is 18.4 Å². The van der Waals surface area contributed by atoms with E-state index >= 15 is 0 Å². The molecule has 0 aliphatic heterocycles. The molecule has 122 valence electrons. The highest BCUT2D eigenvalue weighted by Crippen LogP contribution is 2.10. The fourth-order valence-electron chi connectivity index (χ4n) is 2.15. The van der Waals surface area contributed by atoms with Crippen molar-refractivity contribution in [2.45, 2.75) is 71.1 Å². The Bertz CT molecular complexity index is 200. The number of unbranched alkanes of at least 4 members (excludes halogenated alkanes) is 9. The number of guanidine groups is 1. The Labute approximate surface area is 131 Å². The molecular weight excluding hydrogens is 272 g/mol. The van der Waals surface area contributed by atoms with Gasteiger partial charge in [0.1, 0.15) is 0 Å². The van der Waals surface area contributed by atoms with Crippen LogP contribution in [0.4, 0.5) is 0 Å². The van der Waals surface area contributed by atoms with Crippen LogP contribution in [0.3, 0.4) is 0 Å². The molecule has 5 N–H and O–H groups in total. The zero-order valence-corrected chi connectivity index (χ0v) is 14.0. The second kappa shape index (κ2) is 18.5. The lowest BCUT2D eigenvalue weighted by atomic mass is 10.1. The SMILES string of the molecule is CCCCCCCCCCCCNCCNC(=N)N.Cl. The summed E-state index contributed by atoms with van der Waals surface area (Å²) in [5.74, 6) is 0.0562. The third-order valence-corrected chi connectivity index (χ3v) is 3.32. The first-order valence-electron chi connectivity index (χ1n) is 8.06. The van der Waals surface area contributed by atoms with Crippen molar-refractivity contribution < 1.29 is 0 Å². The molecule has 4 nitrogen and oxygen atoms in total. The van der Waals surface area contributed by atoms with Crippen molar-refractivity contribution in [3.05, 3.63) is 0 Å². The lowest BCUT2D eigenvalue weighted by Gasteiger charge is -2.06. The van der Waals surface area contributed by atoms with E-state index in [2.05, 4.69) is 17.6 Å². The quantitative estimate of drug-likeness (QED) is 0.226. The van der Waals surface area contributed by atoms with E-state index in [1.54, 1.807) is 0 Å². The summed E-state index contributed by atoms with van der Waals surface area (Å²) in [5, 5.41) is 13.1. The van der Waals surface area contributed by atoms with E-state index in [1.807, 2.05) is 0 Å². The molecule has 0 aromatic rings. The van der Waals surface area contributed by atoms with Gasteiger partial charge in [-0.05, 0) is 13.0 Å². The zero-order valence-electron chi connectivity index (χ0n) is 13.2. The molecule has 20 heavy (non-hydrogen) atoms.